The molecule has 0 bridgehead atoms. The van der Waals surface area contributed by atoms with Crippen molar-refractivity contribution in [1.82, 2.24) is 5.43 Å². The number of nitrogens with zero attached hydrogens (tertiary/aromatic N) is 2. The van der Waals surface area contributed by atoms with E-state index in [2.05, 4.69) is 10.5 Å². The van der Waals surface area contributed by atoms with E-state index < -0.39 is 0 Å². The smallest absolute Gasteiger partial charge is 0.245 e. The number of carbonyl (C=O) groups is 2. The standard InChI is InChI=1S/C19H20N4O2/c1-13-11-17(24)21-22-19(13)14-7-9-16(10-8-14)23(18(25)12-20)15-5-3-2-4-6-15/h2-10,13H,11-12,20H2,1H3,(H,21,24). The second-order valence-electron chi connectivity index (χ2n) is 5.95. The van der Waals surface area contributed by atoms with E-state index in [1.54, 1.807) is 4.90 Å². The topological polar surface area (TPSA) is 87.8 Å². The zero-order valence-corrected chi connectivity index (χ0v) is 14.0. The predicted octanol–water partition coefficient (Wildman–Crippen LogP) is 2.17. The van der Waals surface area contributed by atoms with Gasteiger partial charge in [0.05, 0.1) is 12.3 Å². The first-order valence-corrected chi connectivity index (χ1v) is 8.15. The Morgan fingerprint density at radius 3 is 2.40 bits per heavy atom. The van der Waals surface area contributed by atoms with E-state index in [0.29, 0.717) is 6.42 Å². The van der Waals surface area contributed by atoms with Crippen molar-refractivity contribution in [1.29, 1.82) is 0 Å². The molecule has 3 rings (SSSR count). The molecule has 1 aliphatic heterocycles. The summed E-state index contributed by atoms with van der Waals surface area (Å²) in [6, 6.07) is 16.9. The molecule has 0 aliphatic carbocycles. The van der Waals surface area contributed by atoms with Gasteiger partial charge in [0.1, 0.15) is 0 Å². The summed E-state index contributed by atoms with van der Waals surface area (Å²) in [6.07, 6.45) is 0.419. The van der Waals surface area contributed by atoms with Gasteiger partial charge in [-0.2, -0.15) is 5.10 Å². The number of hydrogen-bond acceptors (Lipinski definition) is 4. The Hall–Kier alpha value is -2.99. The van der Waals surface area contributed by atoms with Crippen LogP contribution in [0.5, 0.6) is 0 Å². The SMILES string of the molecule is CC1CC(=O)NN=C1c1ccc(N(C(=O)CN)c2ccccc2)cc1. The summed E-state index contributed by atoms with van der Waals surface area (Å²) in [4.78, 5) is 25.3. The molecule has 1 atom stereocenters. The molecule has 2 amide bonds. The maximum atomic E-state index is 12.3. The highest BCUT2D eigenvalue weighted by Crippen LogP contribution is 2.26. The summed E-state index contributed by atoms with van der Waals surface area (Å²) in [5.74, 6) is -0.207. The number of nitrogens with one attached hydrogen (secondary N) is 1. The summed E-state index contributed by atoms with van der Waals surface area (Å²) < 4.78 is 0. The van der Waals surface area contributed by atoms with Crippen LogP contribution in [0.15, 0.2) is 59.7 Å². The number of nitrogens with two attached hydrogens (primary N) is 1. The number of amides is 2. The molecule has 0 fully saturated rings. The quantitative estimate of drug-likeness (QED) is 0.897. The highest BCUT2D eigenvalue weighted by Gasteiger charge is 2.22. The summed E-state index contributed by atoms with van der Waals surface area (Å²) in [7, 11) is 0. The molecule has 6 nitrogen and oxygen atoms in total. The molecule has 1 aliphatic rings. The Balaban J connectivity index is 1.92. The zero-order chi connectivity index (χ0) is 17.8. The van der Waals surface area contributed by atoms with Crippen molar-refractivity contribution in [2.24, 2.45) is 16.8 Å². The van der Waals surface area contributed by atoms with Gasteiger partial charge in [-0.05, 0) is 29.8 Å². The highest BCUT2D eigenvalue weighted by molar-refractivity contribution is 6.06. The van der Waals surface area contributed by atoms with Gasteiger partial charge in [-0.25, -0.2) is 5.43 Å². The van der Waals surface area contributed by atoms with Gasteiger partial charge >= 0.3 is 0 Å². The van der Waals surface area contributed by atoms with Crippen LogP contribution < -0.4 is 16.1 Å². The van der Waals surface area contributed by atoms with Crippen LogP contribution in [0.1, 0.15) is 18.9 Å². The number of benzene rings is 2. The molecule has 0 radical (unpaired) electrons. The average Bonchev–Trinajstić information content (AvgIpc) is 2.63. The van der Waals surface area contributed by atoms with Gasteiger partial charge in [0.15, 0.2) is 0 Å². The molecule has 2 aromatic carbocycles. The number of hydrogen-bond donors (Lipinski definition) is 2. The van der Waals surface area contributed by atoms with E-state index in [-0.39, 0.29) is 24.3 Å². The second kappa shape index (κ2) is 7.27. The van der Waals surface area contributed by atoms with Crippen LogP contribution in [0.2, 0.25) is 0 Å². The van der Waals surface area contributed by atoms with E-state index >= 15 is 0 Å². The number of hydrazone groups is 1. The average molecular weight is 336 g/mol. The number of anilines is 2. The van der Waals surface area contributed by atoms with Crippen molar-refractivity contribution in [3.05, 3.63) is 60.2 Å². The van der Waals surface area contributed by atoms with Crippen LogP contribution in [-0.4, -0.2) is 24.1 Å². The Bertz CT molecular complexity index is 800. The van der Waals surface area contributed by atoms with Crippen molar-refractivity contribution >= 4 is 28.9 Å². The first-order valence-electron chi connectivity index (χ1n) is 8.15. The molecule has 0 saturated heterocycles. The lowest BCUT2D eigenvalue weighted by atomic mass is 9.94. The van der Waals surface area contributed by atoms with E-state index in [1.807, 2.05) is 61.5 Å². The molecule has 0 aromatic heterocycles. The third-order valence-corrected chi connectivity index (χ3v) is 4.12. The van der Waals surface area contributed by atoms with Crippen LogP contribution in [0.4, 0.5) is 11.4 Å². The number of rotatable bonds is 4. The van der Waals surface area contributed by atoms with Crippen molar-refractivity contribution in [2.75, 3.05) is 11.4 Å². The first kappa shape index (κ1) is 16.9. The Labute approximate surface area is 146 Å². The molecule has 0 spiro atoms. The number of para-hydroxylation sites is 1. The van der Waals surface area contributed by atoms with Gasteiger partial charge in [-0.1, -0.05) is 37.3 Å². The van der Waals surface area contributed by atoms with Gasteiger partial charge in [0.25, 0.3) is 0 Å². The van der Waals surface area contributed by atoms with Gasteiger partial charge < -0.3 is 5.73 Å². The van der Waals surface area contributed by atoms with Gasteiger partial charge in [-0.15, -0.1) is 0 Å². The van der Waals surface area contributed by atoms with Gasteiger partial charge in [0, 0.05) is 23.7 Å². The maximum Gasteiger partial charge on any atom is 0.245 e. The first-order chi connectivity index (χ1) is 12.1. The molecule has 25 heavy (non-hydrogen) atoms. The lowest BCUT2D eigenvalue weighted by molar-refractivity contribution is -0.122. The van der Waals surface area contributed by atoms with E-state index in [9.17, 15) is 9.59 Å². The molecule has 0 saturated carbocycles. The Morgan fingerprint density at radius 1 is 1.16 bits per heavy atom. The largest absolute Gasteiger partial charge is 0.322 e. The lowest BCUT2D eigenvalue weighted by Gasteiger charge is -2.23. The third kappa shape index (κ3) is 3.59. The normalized spacial score (nSPS) is 16.8. The summed E-state index contributed by atoms with van der Waals surface area (Å²) in [5, 5.41) is 4.16. The minimum Gasteiger partial charge on any atom is -0.322 e. The van der Waals surface area contributed by atoms with Crippen molar-refractivity contribution in [3.63, 3.8) is 0 Å². The molecule has 128 valence electrons. The molecule has 1 unspecified atom stereocenters. The van der Waals surface area contributed by atoms with E-state index in [4.69, 9.17) is 5.73 Å². The predicted molar refractivity (Wildman–Crippen MR) is 97.5 cm³/mol. The molecule has 3 N–H and O–H groups in total. The summed E-state index contributed by atoms with van der Waals surface area (Å²) in [6.45, 7) is 1.89. The molecular weight excluding hydrogens is 316 g/mol. The van der Waals surface area contributed by atoms with Crippen LogP contribution >= 0.6 is 0 Å². The van der Waals surface area contributed by atoms with Crippen LogP contribution in [0.3, 0.4) is 0 Å². The zero-order valence-electron chi connectivity index (χ0n) is 14.0. The van der Waals surface area contributed by atoms with Crippen LogP contribution in [-0.2, 0) is 9.59 Å². The fourth-order valence-corrected chi connectivity index (χ4v) is 2.89. The second-order valence-corrected chi connectivity index (χ2v) is 5.95. The highest BCUT2D eigenvalue weighted by atomic mass is 16.2. The van der Waals surface area contributed by atoms with Crippen LogP contribution in [0.25, 0.3) is 0 Å². The minimum atomic E-state index is -0.186. The maximum absolute atomic E-state index is 12.3. The van der Waals surface area contributed by atoms with Gasteiger partial charge in [0.2, 0.25) is 11.8 Å². The fraction of sp³-hybridized carbons (Fsp3) is 0.211. The van der Waals surface area contributed by atoms with E-state index in [1.165, 1.54) is 0 Å². The molecule has 1 heterocycles. The molecule has 2 aromatic rings. The summed E-state index contributed by atoms with van der Waals surface area (Å²) >= 11 is 0. The third-order valence-electron chi connectivity index (χ3n) is 4.12. The minimum absolute atomic E-state index is 0.0514. The Kier molecular flexibility index (Phi) is 4.90. The van der Waals surface area contributed by atoms with Crippen molar-refractivity contribution in [2.45, 2.75) is 13.3 Å². The summed E-state index contributed by atoms with van der Waals surface area (Å²) in [5.41, 5.74) is 11.4. The fourth-order valence-electron chi connectivity index (χ4n) is 2.89. The number of carbonyl (C=O) groups excluding carboxylic acids is 2. The Morgan fingerprint density at radius 2 is 1.80 bits per heavy atom. The molecular formula is C19H20N4O2. The lowest BCUT2D eigenvalue weighted by Crippen LogP contribution is -2.33. The monoisotopic (exact) mass is 336 g/mol. The van der Waals surface area contributed by atoms with E-state index in [0.717, 1.165) is 22.6 Å². The van der Waals surface area contributed by atoms with Crippen molar-refractivity contribution < 1.29 is 9.59 Å². The van der Waals surface area contributed by atoms with Crippen LogP contribution in [0, 0.1) is 5.92 Å². The molecule has 6 heteroatoms. The van der Waals surface area contributed by atoms with Gasteiger partial charge in [-0.3, -0.25) is 14.5 Å². The van der Waals surface area contributed by atoms with Crippen molar-refractivity contribution in [3.8, 4) is 0 Å².